The predicted octanol–water partition coefficient (Wildman–Crippen LogP) is 1.90. The molecule has 2 saturated heterocycles. The maximum Gasteiger partial charge on any atom is 0.240 e. The first-order valence-electron chi connectivity index (χ1n) is 7.99. The molecule has 4 nitrogen and oxygen atoms in total. The van der Waals surface area contributed by atoms with Gasteiger partial charge >= 0.3 is 0 Å². The van der Waals surface area contributed by atoms with Crippen molar-refractivity contribution in [1.29, 1.82) is 0 Å². The Labute approximate surface area is 126 Å². The first-order chi connectivity index (χ1) is 10.3. The summed E-state index contributed by atoms with van der Waals surface area (Å²) >= 11 is 0. The van der Waals surface area contributed by atoms with E-state index in [9.17, 15) is 4.79 Å². The Balaban J connectivity index is 1.67. The summed E-state index contributed by atoms with van der Waals surface area (Å²) in [5.41, 5.74) is 1.29. The second kappa shape index (κ2) is 7.05. The zero-order valence-electron chi connectivity index (χ0n) is 12.5. The van der Waals surface area contributed by atoms with Gasteiger partial charge in [-0.2, -0.15) is 0 Å². The van der Waals surface area contributed by atoms with Crippen molar-refractivity contribution in [2.75, 3.05) is 32.8 Å². The molecule has 1 aromatic rings. The maximum absolute atomic E-state index is 12.8. The van der Waals surface area contributed by atoms with Crippen LogP contribution >= 0.6 is 0 Å². The number of ether oxygens (including phenoxy) is 1. The van der Waals surface area contributed by atoms with Crippen LogP contribution in [0.1, 0.15) is 24.8 Å². The zero-order chi connectivity index (χ0) is 14.5. The van der Waals surface area contributed by atoms with Crippen molar-refractivity contribution >= 4 is 5.91 Å². The van der Waals surface area contributed by atoms with E-state index in [1.807, 2.05) is 11.0 Å². The molecule has 4 heteroatoms. The largest absolute Gasteiger partial charge is 0.378 e. The molecule has 1 amide bonds. The van der Waals surface area contributed by atoms with Crippen molar-refractivity contribution in [2.24, 2.45) is 0 Å². The fourth-order valence-corrected chi connectivity index (χ4v) is 3.27. The first kappa shape index (κ1) is 14.5. The van der Waals surface area contributed by atoms with Crippen molar-refractivity contribution in [3.63, 3.8) is 0 Å². The molecule has 0 spiro atoms. The van der Waals surface area contributed by atoms with Gasteiger partial charge in [0.15, 0.2) is 0 Å². The van der Waals surface area contributed by atoms with Crippen LogP contribution in [0.2, 0.25) is 0 Å². The van der Waals surface area contributed by atoms with Gasteiger partial charge in [0.1, 0.15) is 0 Å². The van der Waals surface area contributed by atoms with Crippen LogP contribution in [0.3, 0.4) is 0 Å². The number of hydrogen-bond acceptors (Lipinski definition) is 3. The van der Waals surface area contributed by atoms with E-state index in [0.717, 1.165) is 39.0 Å². The summed E-state index contributed by atoms with van der Waals surface area (Å²) in [6.07, 6.45) is 3.34. The number of piperidine rings is 1. The number of hydrogen-bond donors (Lipinski definition) is 0. The van der Waals surface area contributed by atoms with Gasteiger partial charge in [0.25, 0.3) is 0 Å². The van der Waals surface area contributed by atoms with E-state index in [1.165, 1.54) is 12.0 Å². The molecule has 1 atom stereocenters. The third-order valence-electron chi connectivity index (χ3n) is 4.45. The monoisotopic (exact) mass is 288 g/mol. The summed E-state index contributed by atoms with van der Waals surface area (Å²) in [4.78, 5) is 17.1. The van der Waals surface area contributed by atoms with Crippen molar-refractivity contribution in [2.45, 2.75) is 31.8 Å². The lowest BCUT2D eigenvalue weighted by atomic mass is 9.99. The maximum atomic E-state index is 12.8. The Bertz CT molecular complexity index is 457. The molecule has 21 heavy (non-hydrogen) atoms. The summed E-state index contributed by atoms with van der Waals surface area (Å²) in [6.45, 7) is 4.74. The lowest BCUT2D eigenvalue weighted by Gasteiger charge is -2.38. The van der Waals surface area contributed by atoms with Gasteiger partial charge in [-0.25, -0.2) is 0 Å². The third-order valence-corrected chi connectivity index (χ3v) is 4.45. The molecule has 114 valence electrons. The van der Waals surface area contributed by atoms with Gasteiger partial charge in [0.2, 0.25) is 5.91 Å². The summed E-state index contributed by atoms with van der Waals surface area (Å²) in [5.74, 6) is 0.300. The normalized spacial score (nSPS) is 24.0. The molecule has 1 aromatic carbocycles. The number of carbonyl (C=O) groups is 1. The van der Waals surface area contributed by atoms with E-state index in [0.29, 0.717) is 19.1 Å². The van der Waals surface area contributed by atoms with Crippen molar-refractivity contribution < 1.29 is 9.53 Å². The molecule has 0 saturated carbocycles. The van der Waals surface area contributed by atoms with E-state index in [4.69, 9.17) is 4.74 Å². The van der Waals surface area contributed by atoms with Crippen LogP contribution in [0.4, 0.5) is 0 Å². The molecule has 0 N–H and O–H groups in total. The summed E-state index contributed by atoms with van der Waals surface area (Å²) < 4.78 is 5.35. The minimum Gasteiger partial charge on any atom is -0.378 e. The number of morpholine rings is 1. The number of nitrogens with zero attached hydrogens (tertiary/aromatic N) is 2. The zero-order valence-corrected chi connectivity index (χ0v) is 12.5. The van der Waals surface area contributed by atoms with E-state index >= 15 is 0 Å². The lowest BCUT2D eigenvalue weighted by molar-refractivity contribution is -0.142. The van der Waals surface area contributed by atoms with Gasteiger partial charge < -0.3 is 9.64 Å². The molecule has 2 aliphatic heterocycles. The highest BCUT2D eigenvalue weighted by molar-refractivity contribution is 5.82. The summed E-state index contributed by atoms with van der Waals surface area (Å²) in [6, 6.07) is 10.5. The molecular weight excluding hydrogens is 264 g/mol. The SMILES string of the molecule is O=C([C@H]1CCCCN1Cc1ccccc1)N1CCOCC1. The van der Waals surface area contributed by atoms with E-state index in [-0.39, 0.29) is 6.04 Å². The lowest BCUT2D eigenvalue weighted by Crippen LogP contribution is -2.53. The average molecular weight is 288 g/mol. The fourth-order valence-electron chi connectivity index (χ4n) is 3.27. The van der Waals surface area contributed by atoms with Crippen LogP contribution in [0.5, 0.6) is 0 Å². The molecule has 0 unspecified atom stereocenters. The third kappa shape index (κ3) is 3.63. The van der Waals surface area contributed by atoms with Crippen molar-refractivity contribution in [1.82, 2.24) is 9.80 Å². The first-order valence-corrected chi connectivity index (χ1v) is 7.99. The Morgan fingerprint density at radius 3 is 2.62 bits per heavy atom. The van der Waals surface area contributed by atoms with Crippen LogP contribution < -0.4 is 0 Å². The van der Waals surface area contributed by atoms with Gasteiger partial charge in [-0.3, -0.25) is 9.69 Å². The van der Waals surface area contributed by atoms with E-state index in [2.05, 4.69) is 29.2 Å². The molecule has 2 fully saturated rings. The highest BCUT2D eigenvalue weighted by Crippen LogP contribution is 2.21. The second-order valence-corrected chi connectivity index (χ2v) is 5.91. The predicted molar refractivity (Wildman–Crippen MR) is 81.9 cm³/mol. The standard InChI is InChI=1S/C17H24N2O2/c20-17(18-10-12-21-13-11-18)16-8-4-5-9-19(16)14-15-6-2-1-3-7-15/h1-3,6-7,16H,4-5,8-14H2/t16-/m1/s1. The molecule has 2 heterocycles. The molecule has 0 bridgehead atoms. The summed E-state index contributed by atoms with van der Waals surface area (Å²) in [5, 5.41) is 0. The van der Waals surface area contributed by atoms with Crippen LogP contribution in [-0.4, -0.2) is 54.6 Å². The smallest absolute Gasteiger partial charge is 0.240 e. The topological polar surface area (TPSA) is 32.8 Å². The quantitative estimate of drug-likeness (QED) is 0.851. The molecule has 0 radical (unpaired) electrons. The number of amides is 1. The highest BCUT2D eigenvalue weighted by atomic mass is 16.5. The van der Waals surface area contributed by atoms with Gasteiger partial charge in [-0.05, 0) is 24.9 Å². The van der Waals surface area contributed by atoms with Gasteiger partial charge in [0.05, 0.1) is 19.3 Å². The van der Waals surface area contributed by atoms with Crippen molar-refractivity contribution in [3.8, 4) is 0 Å². The Kier molecular flexibility index (Phi) is 4.88. The second-order valence-electron chi connectivity index (χ2n) is 5.91. The van der Waals surface area contributed by atoms with Gasteiger partial charge in [0, 0.05) is 19.6 Å². The Hall–Kier alpha value is -1.39. The number of likely N-dealkylation sites (tertiary alicyclic amines) is 1. The summed E-state index contributed by atoms with van der Waals surface area (Å²) in [7, 11) is 0. The van der Waals surface area contributed by atoms with E-state index < -0.39 is 0 Å². The fraction of sp³-hybridized carbons (Fsp3) is 0.588. The van der Waals surface area contributed by atoms with Crippen LogP contribution in [-0.2, 0) is 16.1 Å². The molecule has 2 aliphatic rings. The highest BCUT2D eigenvalue weighted by Gasteiger charge is 2.32. The average Bonchev–Trinajstić information content (AvgIpc) is 2.56. The van der Waals surface area contributed by atoms with Gasteiger partial charge in [-0.15, -0.1) is 0 Å². The molecule has 0 aliphatic carbocycles. The van der Waals surface area contributed by atoms with Crippen molar-refractivity contribution in [3.05, 3.63) is 35.9 Å². The number of rotatable bonds is 3. The molecule has 3 rings (SSSR count). The Morgan fingerprint density at radius 2 is 1.86 bits per heavy atom. The van der Waals surface area contributed by atoms with Gasteiger partial charge in [-0.1, -0.05) is 36.8 Å². The van der Waals surface area contributed by atoms with Crippen LogP contribution in [0.15, 0.2) is 30.3 Å². The number of carbonyl (C=O) groups excluding carboxylic acids is 1. The number of benzene rings is 1. The van der Waals surface area contributed by atoms with Crippen LogP contribution in [0.25, 0.3) is 0 Å². The Morgan fingerprint density at radius 1 is 1.10 bits per heavy atom. The minimum atomic E-state index is 0.0528. The van der Waals surface area contributed by atoms with Crippen LogP contribution in [0, 0.1) is 0 Å². The molecule has 0 aromatic heterocycles. The van der Waals surface area contributed by atoms with E-state index in [1.54, 1.807) is 0 Å². The molecular formula is C17H24N2O2. The minimum absolute atomic E-state index is 0.0528.